The maximum atomic E-state index is 11.9. The van der Waals surface area contributed by atoms with Crippen molar-refractivity contribution in [1.82, 2.24) is 5.32 Å². The highest BCUT2D eigenvalue weighted by Gasteiger charge is 2.23. The van der Waals surface area contributed by atoms with Crippen molar-refractivity contribution in [1.29, 1.82) is 0 Å². The second-order valence-electron chi connectivity index (χ2n) is 9.02. The molecule has 2 atom stereocenters. The second-order valence-corrected chi connectivity index (χ2v) is 10.5. The number of unbranched alkanes of at least 4 members (excludes halogenated alkanes) is 10. The summed E-state index contributed by atoms with van der Waals surface area (Å²) in [6.07, 6.45) is 18.0. The number of allylic oxidation sites excluding steroid dienone is 2. The van der Waals surface area contributed by atoms with Crippen LogP contribution in [0.1, 0.15) is 110 Å². The maximum absolute atomic E-state index is 11.9. The largest absolute Gasteiger partial charge is 0.472 e. The smallest absolute Gasteiger partial charge is 0.463 e. The fraction of sp³-hybridized carbons (Fsp3) is 0.846. The zero-order valence-electron chi connectivity index (χ0n) is 22.5. The summed E-state index contributed by atoms with van der Waals surface area (Å²) in [6, 6.07) is 0. The Kier molecular flexibility index (Phi) is 23.3. The van der Waals surface area contributed by atoms with Gasteiger partial charge in [0.2, 0.25) is 5.91 Å². The molecule has 0 saturated heterocycles. The Morgan fingerprint density at radius 1 is 0.833 bits per heavy atom. The van der Waals surface area contributed by atoms with E-state index in [-0.39, 0.29) is 32.1 Å². The molecule has 212 valence electrons. The Balaban J connectivity index is 3.66. The molecule has 36 heavy (non-hydrogen) atoms. The van der Waals surface area contributed by atoms with E-state index in [0.717, 1.165) is 51.4 Å². The Morgan fingerprint density at radius 3 is 2.11 bits per heavy atom. The molecule has 9 nitrogen and oxygen atoms in total. The first-order valence-electron chi connectivity index (χ1n) is 13.7. The lowest BCUT2D eigenvalue weighted by Gasteiger charge is -2.15. The number of phosphoric ester groups is 1. The van der Waals surface area contributed by atoms with E-state index in [0.29, 0.717) is 6.42 Å². The van der Waals surface area contributed by atoms with Gasteiger partial charge in [0, 0.05) is 19.4 Å². The molecule has 1 amide bonds. The number of aliphatic hydroxyl groups is 1. The minimum atomic E-state index is -4.38. The number of esters is 1. The van der Waals surface area contributed by atoms with E-state index in [9.17, 15) is 24.2 Å². The van der Waals surface area contributed by atoms with Crippen molar-refractivity contribution in [2.45, 2.75) is 116 Å². The highest BCUT2D eigenvalue weighted by Crippen LogP contribution is 2.42. The van der Waals surface area contributed by atoms with Crippen LogP contribution >= 0.6 is 7.82 Å². The monoisotopic (exact) mass is 535 g/mol. The van der Waals surface area contributed by atoms with Gasteiger partial charge in [-0.3, -0.25) is 18.6 Å². The van der Waals surface area contributed by atoms with Crippen LogP contribution in [0.25, 0.3) is 0 Å². The van der Waals surface area contributed by atoms with Gasteiger partial charge >= 0.3 is 13.8 Å². The normalized spacial score (nSPS) is 14.0. The number of rotatable bonds is 25. The molecular weight excluding hydrogens is 485 g/mol. The molecule has 3 N–H and O–H groups in total. The van der Waals surface area contributed by atoms with E-state index in [2.05, 4.69) is 24.4 Å². The predicted molar refractivity (Wildman–Crippen MR) is 141 cm³/mol. The van der Waals surface area contributed by atoms with E-state index in [1.807, 2.05) is 6.92 Å². The quantitative estimate of drug-likeness (QED) is 0.0597. The van der Waals surface area contributed by atoms with Crippen molar-refractivity contribution >= 4 is 19.7 Å². The lowest BCUT2D eigenvalue weighted by atomic mass is 10.1. The van der Waals surface area contributed by atoms with Crippen LogP contribution < -0.4 is 5.32 Å². The first-order valence-corrected chi connectivity index (χ1v) is 15.2. The van der Waals surface area contributed by atoms with Gasteiger partial charge in [0.15, 0.2) is 0 Å². The summed E-state index contributed by atoms with van der Waals surface area (Å²) in [5, 5.41) is 12.4. The maximum Gasteiger partial charge on any atom is 0.472 e. The number of hydrogen-bond acceptors (Lipinski definition) is 7. The average molecular weight is 536 g/mol. The number of ether oxygens (including phenoxy) is 1. The Morgan fingerprint density at radius 2 is 1.42 bits per heavy atom. The molecule has 0 aromatic rings. The lowest BCUT2D eigenvalue weighted by Crippen LogP contribution is -2.27. The highest BCUT2D eigenvalue weighted by atomic mass is 31.2. The molecule has 0 fully saturated rings. The summed E-state index contributed by atoms with van der Waals surface area (Å²) in [4.78, 5) is 33.0. The molecule has 0 aliphatic heterocycles. The highest BCUT2D eigenvalue weighted by molar-refractivity contribution is 7.47. The van der Waals surface area contributed by atoms with E-state index in [4.69, 9.17) is 13.8 Å². The summed E-state index contributed by atoms with van der Waals surface area (Å²) < 4.78 is 26.2. The van der Waals surface area contributed by atoms with Crippen LogP contribution in [0.15, 0.2) is 12.2 Å². The first-order chi connectivity index (χ1) is 17.3. The molecular formula is C26H50NO8P. The van der Waals surface area contributed by atoms with Crippen LogP contribution in [0.2, 0.25) is 0 Å². The van der Waals surface area contributed by atoms with Crippen LogP contribution in [0.4, 0.5) is 0 Å². The van der Waals surface area contributed by atoms with E-state index in [1.165, 1.54) is 32.1 Å². The van der Waals surface area contributed by atoms with Gasteiger partial charge in [0.25, 0.3) is 0 Å². The first kappa shape index (κ1) is 34.8. The van der Waals surface area contributed by atoms with Crippen LogP contribution in [0, 0.1) is 0 Å². The number of hydrogen-bond donors (Lipinski definition) is 3. The van der Waals surface area contributed by atoms with Gasteiger partial charge in [-0.15, -0.1) is 0 Å². The number of aliphatic hydroxyl groups excluding tert-OH is 1. The average Bonchev–Trinajstić information content (AvgIpc) is 2.85. The number of carbonyl (C=O) groups is 2. The number of phosphoric acid groups is 1. The summed E-state index contributed by atoms with van der Waals surface area (Å²) in [5.74, 6) is -0.555. The molecule has 0 aromatic heterocycles. The number of amides is 1. The van der Waals surface area contributed by atoms with Crippen LogP contribution in [-0.4, -0.2) is 54.3 Å². The minimum Gasteiger partial charge on any atom is -0.463 e. The summed E-state index contributed by atoms with van der Waals surface area (Å²) in [6.45, 7) is 3.27. The van der Waals surface area contributed by atoms with E-state index >= 15 is 0 Å². The van der Waals surface area contributed by atoms with Crippen molar-refractivity contribution in [2.75, 3.05) is 26.4 Å². The predicted octanol–water partition coefficient (Wildman–Crippen LogP) is 5.59. The molecule has 0 aromatic carbocycles. The molecule has 0 rings (SSSR count). The third-order valence-electron chi connectivity index (χ3n) is 5.45. The molecule has 0 bridgehead atoms. The summed E-state index contributed by atoms with van der Waals surface area (Å²) in [7, 11) is -4.38. The topological polar surface area (TPSA) is 131 Å². The molecule has 0 aliphatic carbocycles. The SMILES string of the molecule is CCCCC/C=C\CCCCCCCC(=O)NCCOP(=O)(O)OCC(O)COC(=O)CCCCC. The molecule has 0 saturated carbocycles. The number of carbonyl (C=O) groups excluding carboxylic acids is 2. The molecule has 0 aliphatic rings. The van der Waals surface area contributed by atoms with Crippen molar-refractivity contribution in [3.05, 3.63) is 12.2 Å². The van der Waals surface area contributed by atoms with Gasteiger partial charge in [-0.05, 0) is 38.5 Å². The third kappa shape index (κ3) is 24.4. The van der Waals surface area contributed by atoms with E-state index < -0.39 is 26.5 Å². The Labute approximate surface area is 218 Å². The van der Waals surface area contributed by atoms with Crippen molar-refractivity contribution in [3.63, 3.8) is 0 Å². The van der Waals surface area contributed by atoms with Gasteiger partial charge in [-0.2, -0.15) is 0 Å². The standard InChI is InChI=1S/C26H50NO8P/c1-3-5-7-8-9-10-11-12-13-14-15-17-18-25(29)27-20-21-34-36(31,32)35-23-24(28)22-33-26(30)19-16-6-4-2/h9-10,24,28H,3-8,11-23H2,1-2H3,(H,27,29)(H,31,32)/b10-9-. The zero-order valence-corrected chi connectivity index (χ0v) is 23.4. The van der Waals surface area contributed by atoms with Crippen molar-refractivity contribution < 1.29 is 37.9 Å². The third-order valence-corrected chi connectivity index (χ3v) is 6.43. The van der Waals surface area contributed by atoms with Crippen molar-refractivity contribution in [2.24, 2.45) is 0 Å². The number of nitrogens with one attached hydrogen (secondary N) is 1. The molecule has 10 heteroatoms. The van der Waals surface area contributed by atoms with Crippen LogP contribution in [0.5, 0.6) is 0 Å². The fourth-order valence-electron chi connectivity index (χ4n) is 3.31. The second kappa shape index (κ2) is 24.1. The Bertz CT molecular complexity index is 629. The van der Waals surface area contributed by atoms with Crippen molar-refractivity contribution in [3.8, 4) is 0 Å². The van der Waals surface area contributed by atoms with Crippen LogP contribution in [0.3, 0.4) is 0 Å². The van der Waals surface area contributed by atoms with Gasteiger partial charge in [0.1, 0.15) is 12.7 Å². The lowest BCUT2D eigenvalue weighted by molar-refractivity contribution is -0.147. The molecule has 2 unspecified atom stereocenters. The summed E-state index contributed by atoms with van der Waals surface area (Å²) >= 11 is 0. The van der Waals surface area contributed by atoms with Gasteiger partial charge in [-0.1, -0.05) is 70.9 Å². The van der Waals surface area contributed by atoms with Crippen LogP contribution in [-0.2, 0) is 27.9 Å². The van der Waals surface area contributed by atoms with E-state index in [1.54, 1.807) is 0 Å². The van der Waals surface area contributed by atoms with Gasteiger partial charge < -0.3 is 20.1 Å². The fourth-order valence-corrected chi connectivity index (χ4v) is 4.07. The Hall–Kier alpha value is -1.25. The van der Waals surface area contributed by atoms with Gasteiger partial charge in [0.05, 0.1) is 13.2 Å². The molecule has 0 radical (unpaired) electrons. The molecule has 0 heterocycles. The van der Waals surface area contributed by atoms with Gasteiger partial charge in [-0.25, -0.2) is 4.57 Å². The zero-order chi connectivity index (χ0) is 26.9. The molecule has 0 spiro atoms. The summed E-state index contributed by atoms with van der Waals surface area (Å²) in [5.41, 5.74) is 0. The minimum absolute atomic E-state index is 0.0786.